The second-order valence-corrected chi connectivity index (χ2v) is 4.49. The van der Waals surface area contributed by atoms with Crippen LogP contribution < -0.4 is 10.1 Å². The van der Waals surface area contributed by atoms with Gasteiger partial charge in [0.2, 0.25) is 0 Å². The largest absolute Gasteiger partial charge is 0.455 e. The smallest absolute Gasteiger partial charge is 0.146 e. The van der Waals surface area contributed by atoms with Gasteiger partial charge >= 0.3 is 0 Å². The van der Waals surface area contributed by atoms with Crippen molar-refractivity contribution in [1.82, 2.24) is 15.3 Å². The van der Waals surface area contributed by atoms with Crippen molar-refractivity contribution < 1.29 is 4.74 Å². The highest BCUT2D eigenvalue weighted by atomic mass is 16.5. The summed E-state index contributed by atoms with van der Waals surface area (Å²) in [6, 6.07) is 11.7. The average Bonchev–Trinajstić information content (AvgIpc) is 2.48. The molecule has 0 aliphatic rings. The van der Waals surface area contributed by atoms with E-state index in [9.17, 15) is 0 Å². The van der Waals surface area contributed by atoms with Gasteiger partial charge in [-0.1, -0.05) is 6.07 Å². The van der Waals surface area contributed by atoms with Gasteiger partial charge in [0.1, 0.15) is 11.5 Å². The summed E-state index contributed by atoms with van der Waals surface area (Å²) in [5, 5.41) is 4.09. The number of benzene rings is 1. The minimum Gasteiger partial charge on any atom is -0.455 e. The molecule has 4 nitrogen and oxygen atoms in total. The Labute approximate surface area is 117 Å². The van der Waals surface area contributed by atoms with Gasteiger partial charge in [0.05, 0.1) is 11.7 Å². The Morgan fingerprint density at radius 2 is 2.10 bits per heavy atom. The molecule has 0 aliphatic carbocycles. The number of aromatic nitrogens is 2. The van der Waals surface area contributed by atoms with Gasteiger partial charge in [-0.3, -0.25) is 9.97 Å². The first kappa shape index (κ1) is 12.6. The first-order valence-corrected chi connectivity index (χ1v) is 6.47. The second-order valence-electron chi connectivity index (χ2n) is 4.49. The lowest BCUT2D eigenvalue weighted by atomic mass is 10.2. The zero-order chi connectivity index (χ0) is 13.8. The SMILES string of the molecule is CNCc1cncc(Oc2cccc3ncccc23)c1. The van der Waals surface area contributed by atoms with Crippen LogP contribution in [0.1, 0.15) is 5.56 Å². The van der Waals surface area contributed by atoms with Crippen molar-refractivity contribution >= 4 is 10.9 Å². The molecule has 0 unspecified atom stereocenters. The number of hydrogen-bond acceptors (Lipinski definition) is 4. The van der Waals surface area contributed by atoms with Gasteiger partial charge in [-0.2, -0.15) is 0 Å². The molecular weight excluding hydrogens is 250 g/mol. The van der Waals surface area contributed by atoms with Gasteiger partial charge in [0.25, 0.3) is 0 Å². The first-order valence-electron chi connectivity index (χ1n) is 6.47. The molecule has 4 heteroatoms. The number of ether oxygens (including phenoxy) is 1. The van der Waals surface area contributed by atoms with E-state index in [-0.39, 0.29) is 0 Å². The third kappa shape index (κ3) is 2.60. The molecule has 100 valence electrons. The van der Waals surface area contributed by atoms with E-state index < -0.39 is 0 Å². The van der Waals surface area contributed by atoms with Crippen LogP contribution in [0.2, 0.25) is 0 Å². The van der Waals surface area contributed by atoms with Crippen molar-refractivity contribution in [1.29, 1.82) is 0 Å². The van der Waals surface area contributed by atoms with Gasteiger partial charge in [-0.05, 0) is 42.9 Å². The van der Waals surface area contributed by atoms with E-state index in [1.807, 2.05) is 49.6 Å². The maximum atomic E-state index is 5.95. The summed E-state index contributed by atoms with van der Waals surface area (Å²) < 4.78 is 5.95. The van der Waals surface area contributed by atoms with E-state index >= 15 is 0 Å². The van der Waals surface area contributed by atoms with Crippen molar-refractivity contribution in [3.8, 4) is 11.5 Å². The Kier molecular flexibility index (Phi) is 3.56. The molecule has 0 atom stereocenters. The number of fused-ring (bicyclic) bond motifs is 1. The lowest BCUT2D eigenvalue weighted by Gasteiger charge is -2.09. The minimum atomic E-state index is 0.731. The zero-order valence-electron chi connectivity index (χ0n) is 11.2. The predicted molar refractivity (Wildman–Crippen MR) is 78.8 cm³/mol. The van der Waals surface area contributed by atoms with Crippen LogP contribution in [0.15, 0.2) is 55.0 Å². The molecule has 1 aromatic carbocycles. The normalized spacial score (nSPS) is 10.7. The van der Waals surface area contributed by atoms with E-state index in [0.29, 0.717) is 0 Å². The van der Waals surface area contributed by atoms with E-state index in [2.05, 4.69) is 15.3 Å². The van der Waals surface area contributed by atoms with Gasteiger partial charge in [-0.25, -0.2) is 0 Å². The van der Waals surface area contributed by atoms with Crippen LogP contribution in [0.5, 0.6) is 11.5 Å². The Bertz CT molecular complexity index is 722. The van der Waals surface area contributed by atoms with E-state index in [1.54, 1.807) is 12.4 Å². The summed E-state index contributed by atoms with van der Waals surface area (Å²) in [6.45, 7) is 0.765. The van der Waals surface area contributed by atoms with Gasteiger partial charge in [0.15, 0.2) is 0 Å². The van der Waals surface area contributed by atoms with Crippen molar-refractivity contribution in [2.24, 2.45) is 0 Å². The summed E-state index contributed by atoms with van der Waals surface area (Å²) in [5.74, 6) is 1.52. The van der Waals surface area contributed by atoms with Crippen LogP contribution in [0.3, 0.4) is 0 Å². The molecule has 0 radical (unpaired) electrons. The van der Waals surface area contributed by atoms with Crippen molar-refractivity contribution in [3.63, 3.8) is 0 Å². The van der Waals surface area contributed by atoms with E-state index in [0.717, 1.165) is 34.5 Å². The first-order chi connectivity index (χ1) is 9.86. The molecule has 0 aliphatic heterocycles. The number of pyridine rings is 2. The highest BCUT2D eigenvalue weighted by Gasteiger charge is 2.04. The molecule has 1 N–H and O–H groups in total. The van der Waals surface area contributed by atoms with E-state index in [4.69, 9.17) is 4.74 Å². The van der Waals surface area contributed by atoms with Gasteiger partial charge < -0.3 is 10.1 Å². The molecule has 0 spiro atoms. The predicted octanol–water partition coefficient (Wildman–Crippen LogP) is 3.14. The molecular formula is C16H15N3O. The number of hydrogen-bond donors (Lipinski definition) is 1. The quantitative estimate of drug-likeness (QED) is 0.787. The number of nitrogens with one attached hydrogen (secondary N) is 1. The lowest BCUT2D eigenvalue weighted by molar-refractivity contribution is 0.484. The third-order valence-corrected chi connectivity index (χ3v) is 2.98. The topological polar surface area (TPSA) is 47.0 Å². The van der Waals surface area contributed by atoms with Crippen molar-refractivity contribution in [2.75, 3.05) is 7.05 Å². The molecule has 0 bridgehead atoms. The molecule has 2 aromatic heterocycles. The molecule has 2 heterocycles. The summed E-state index contributed by atoms with van der Waals surface area (Å²) in [7, 11) is 1.91. The Hall–Kier alpha value is -2.46. The van der Waals surface area contributed by atoms with Crippen LogP contribution in [0, 0.1) is 0 Å². The van der Waals surface area contributed by atoms with Crippen LogP contribution in [0.25, 0.3) is 10.9 Å². The van der Waals surface area contributed by atoms with Gasteiger partial charge in [-0.15, -0.1) is 0 Å². The van der Waals surface area contributed by atoms with E-state index in [1.165, 1.54) is 0 Å². The summed E-state index contributed by atoms with van der Waals surface area (Å²) in [4.78, 5) is 8.52. The fraction of sp³-hybridized carbons (Fsp3) is 0.125. The third-order valence-electron chi connectivity index (χ3n) is 2.98. The second kappa shape index (κ2) is 5.67. The Morgan fingerprint density at radius 1 is 1.15 bits per heavy atom. The van der Waals surface area contributed by atoms with Crippen molar-refractivity contribution in [3.05, 3.63) is 60.6 Å². The highest BCUT2D eigenvalue weighted by molar-refractivity contribution is 5.85. The average molecular weight is 265 g/mol. The monoisotopic (exact) mass is 265 g/mol. The number of nitrogens with zero attached hydrogens (tertiary/aromatic N) is 2. The van der Waals surface area contributed by atoms with Crippen molar-refractivity contribution in [2.45, 2.75) is 6.54 Å². The fourth-order valence-corrected chi connectivity index (χ4v) is 2.11. The maximum absolute atomic E-state index is 5.95. The Balaban J connectivity index is 1.95. The molecule has 0 saturated heterocycles. The lowest BCUT2D eigenvalue weighted by Crippen LogP contribution is -2.05. The molecule has 3 aromatic rings. The van der Waals surface area contributed by atoms with Crippen LogP contribution in [0.4, 0.5) is 0 Å². The Morgan fingerprint density at radius 3 is 3.00 bits per heavy atom. The minimum absolute atomic E-state index is 0.731. The fourth-order valence-electron chi connectivity index (χ4n) is 2.11. The molecule has 0 fully saturated rings. The zero-order valence-corrected chi connectivity index (χ0v) is 11.2. The maximum Gasteiger partial charge on any atom is 0.146 e. The summed E-state index contributed by atoms with van der Waals surface area (Å²) in [5.41, 5.74) is 2.01. The highest BCUT2D eigenvalue weighted by Crippen LogP contribution is 2.28. The van der Waals surface area contributed by atoms with Crippen LogP contribution >= 0.6 is 0 Å². The van der Waals surface area contributed by atoms with Crippen LogP contribution in [-0.2, 0) is 6.54 Å². The van der Waals surface area contributed by atoms with Gasteiger partial charge in [0, 0.05) is 24.3 Å². The molecule has 0 saturated carbocycles. The number of rotatable bonds is 4. The van der Waals surface area contributed by atoms with Crippen LogP contribution in [-0.4, -0.2) is 17.0 Å². The summed E-state index contributed by atoms with van der Waals surface area (Å²) >= 11 is 0. The molecule has 0 amide bonds. The molecule has 20 heavy (non-hydrogen) atoms. The summed E-state index contributed by atoms with van der Waals surface area (Å²) in [6.07, 6.45) is 5.32. The standard InChI is InChI=1S/C16H15N3O/c1-17-9-12-8-13(11-18-10-12)20-16-6-2-5-15-14(16)4-3-7-19-15/h2-8,10-11,17H,9H2,1H3. The molecule has 3 rings (SSSR count).